The Morgan fingerprint density at radius 2 is 1.74 bits per heavy atom. The molecule has 0 fully saturated rings. The lowest BCUT2D eigenvalue weighted by atomic mass is 10.1. The van der Waals surface area contributed by atoms with Crippen LogP contribution in [0.3, 0.4) is 0 Å². The highest BCUT2D eigenvalue weighted by atomic mass is 16.2. The number of para-hydroxylation sites is 1. The molecule has 1 heterocycles. The summed E-state index contributed by atoms with van der Waals surface area (Å²) < 4.78 is 0. The normalized spacial score (nSPS) is 15.8. The highest BCUT2D eigenvalue weighted by Crippen LogP contribution is 2.22. The van der Waals surface area contributed by atoms with Crippen molar-refractivity contribution in [1.29, 1.82) is 0 Å². The van der Waals surface area contributed by atoms with Crippen molar-refractivity contribution in [2.75, 3.05) is 23.9 Å². The number of nitrogens with zero attached hydrogens (tertiary/aromatic N) is 3. The first-order chi connectivity index (χ1) is 14.7. The standard InChI is InChI=1S/C23H27N5O3/c1-14-11-15(2)20(16(3)12-14)25-19(29)13-27(5)23(31)21-24-17(4)22(30)28(26-21)18-9-7-6-8-10-18/h6-12,17H,13H2,1-5H3,(H,24,26)(H,25,29)/t17-/m1/s1. The summed E-state index contributed by atoms with van der Waals surface area (Å²) >= 11 is 0. The first-order valence-electron chi connectivity index (χ1n) is 10.0. The topological polar surface area (TPSA) is 94.1 Å². The molecule has 2 aromatic rings. The number of amidine groups is 1. The molecule has 0 spiro atoms. The lowest BCUT2D eigenvalue weighted by Gasteiger charge is -2.31. The van der Waals surface area contributed by atoms with Gasteiger partial charge in [0.05, 0.1) is 12.2 Å². The van der Waals surface area contributed by atoms with Crippen LogP contribution in [0, 0.1) is 20.8 Å². The van der Waals surface area contributed by atoms with Gasteiger partial charge in [0.25, 0.3) is 11.8 Å². The molecule has 8 heteroatoms. The van der Waals surface area contributed by atoms with Crippen molar-refractivity contribution in [2.24, 2.45) is 4.99 Å². The Kier molecular flexibility index (Phi) is 6.39. The third kappa shape index (κ3) is 4.91. The summed E-state index contributed by atoms with van der Waals surface area (Å²) in [6.45, 7) is 7.34. The zero-order chi connectivity index (χ0) is 22.7. The van der Waals surface area contributed by atoms with Gasteiger partial charge in [-0.1, -0.05) is 35.9 Å². The molecule has 162 valence electrons. The molecule has 0 bridgehead atoms. The number of hydrogen-bond acceptors (Lipinski definition) is 5. The van der Waals surface area contributed by atoms with Crippen LogP contribution < -0.4 is 15.8 Å². The number of nitrogens with one attached hydrogen (secondary N) is 2. The van der Waals surface area contributed by atoms with E-state index < -0.39 is 11.9 Å². The second-order valence-corrected chi connectivity index (χ2v) is 7.76. The van der Waals surface area contributed by atoms with E-state index in [1.165, 1.54) is 17.0 Å². The Bertz CT molecular complexity index is 1030. The van der Waals surface area contributed by atoms with Crippen molar-refractivity contribution in [3.05, 3.63) is 59.2 Å². The van der Waals surface area contributed by atoms with E-state index in [4.69, 9.17) is 0 Å². The summed E-state index contributed by atoms with van der Waals surface area (Å²) in [6, 6.07) is 12.2. The highest BCUT2D eigenvalue weighted by Gasteiger charge is 2.32. The minimum absolute atomic E-state index is 0.00829. The molecule has 3 amide bonds. The van der Waals surface area contributed by atoms with E-state index in [1.807, 2.05) is 39.0 Å². The molecule has 1 aliphatic heterocycles. The Morgan fingerprint density at radius 1 is 1.13 bits per heavy atom. The lowest BCUT2D eigenvalue weighted by Crippen LogP contribution is -2.58. The molecule has 0 unspecified atom stereocenters. The molecule has 0 aromatic heterocycles. The summed E-state index contributed by atoms with van der Waals surface area (Å²) in [5.41, 5.74) is 7.18. The van der Waals surface area contributed by atoms with Crippen LogP contribution in [0.25, 0.3) is 0 Å². The van der Waals surface area contributed by atoms with Crippen LogP contribution in [-0.2, 0) is 14.4 Å². The van der Waals surface area contributed by atoms with Crippen molar-refractivity contribution in [1.82, 2.24) is 10.3 Å². The predicted octanol–water partition coefficient (Wildman–Crippen LogP) is 2.35. The third-order valence-electron chi connectivity index (χ3n) is 5.00. The third-order valence-corrected chi connectivity index (χ3v) is 5.00. The van der Waals surface area contributed by atoms with Crippen LogP contribution in [0.1, 0.15) is 23.6 Å². The van der Waals surface area contributed by atoms with Crippen LogP contribution in [0.2, 0.25) is 0 Å². The van der Waals surface area contributed by atoms with Gasteiger partial charge in [0, 0.05) is 12.7 Å². The van der Waals surface area contributed by atoms with Gasteiger partial charge < -0.3 is 10.2 Å². The van der Waals surface area contributed by atoms with Crippen LogP contribution in [0.4, 0.5) is 11.4 Å². The molecular weight excluding hydrogens is 394 g/mol. The highest BCUT2D eigenvalue weighted by molar-refractivity contribution is 6.39. The van der Waals surface area contributed by atoms with Crippen LogP contribution in [0.15, 0.2) is 47.5 Å². The summed E-state index contributed by atoms with van der Waals surface area (Å²) in [4.78, 5) is 43.4. The second-order valence-electron chi connectivity index (χ2n) is 7.76. The lowest BCUT2D eigenvalue weighted by molar-refractivity contribution is -0.128. The second kappa shape index (κ2) is 8.99. The molecule has 1 atom stereocenters. The number of aliphatic imine (C=N–C) groups is 1. The van der Waals surface area contributed by atoms with Gasteiger partial charge in [-0.3, -0.25) is 19.8 Å². The molecule has 0 saturated heterocycles. The van der Waals surface area contributed by atoms with E-state index in [9.17, 15) is 14.4 Å². The Morgan fingerprint density at radius 3 is 2.35 bits per heavy atom. The number of rotatable bonds is 5. The molecular formula is C23H27N5O3. The number of anilines is 2. The van der Waals surface area contributed by atoms with E-state index in [0.717, 1.165) is 22.4 Å². The van der Waals surface area contributed by atoms with Crippen LogP contribution in [-0.4, -0.2) is 48.1 Å². The van der Waals surface area contributed by atoms with Gasteiger partial charge in [0.1, 0.15) is 6.04 Å². The fraction of sp³-hybridized carbons (Fsp3) is 0.304. The number of amides is 3. The van der Waals surface area contributed by atoms with Crippen LogP contribution >= 0.6 is 0 Å². The molecule has 3 rings (SSSR count). The summed E-state index contributed by atoms with van der Waals surface area (Å²) in [5.74, 6) is -1.05. The van der Waals surface area contributed by atoms with E-state index in [-0.39, 0.29) is 24.2 Å². The number of carbonyl (C=O) groups excluding carboxylic acids is 3. The van der Waals surface area contributed by atoms with Crippen molar-refractivity contribution < 1.29 is 14.4 Å². The van der Waals surface area contributed by atoms with Gasteiger partial charge in [0.15, 0.2) is 0 Å². The maximum atomic E-state index is 12.9. The maximum absolute atomic E-state index is 12.9. The zero-order valence-corrected chi connectivity index (χ0v) is 18.4. The van der Waals surface area contributed by atoms with E-state index in [2.05, 4.69) is 15.7 Å². The molecule has 8 nitrogen and oxygen atoms in total. The molecule has 0 radical (unpaired) electrons. The van der Waals surface area contributed by atoms with Crippen LogP contribution in [0.5, 0.6) is 0 Å². The smallest absolute Gasteiger partial charge is 0.290 e. The van der Waals surface area contributed by atoms with Gasteiger partial charge in [-0.15, -0.1) is 0 Å². The fourth-order valence-corrected chi connectivity index (χ4v) is 3.52. The number of hydrazine groups is 1. The molecule has 1 aliphatic rings. The van der Waals surface area contributed by atoms with Gasteiger partial charge in [-0.05, 0) is 51.0 Å². The Balaban J connectivity index is 1.70. The number of benzene rings is 2. The number of carbonyl (C=O) groups is 3. The number of aryl methyl sites for hydroxylation is 3. The SMILES string of the molecule is Cc1cc(C)c(NC(=O)CN(C)C(=O)C2=N[C@H](C)C(=O)N(c3ccccc3)N2)c(C)c1. The van der Waals surface area contributed by atoms with E-state index in [1.54, 1.807) is 31.2 Å². The minimum Gasteiger partial charge on any atom is -0.330 e. The molecule has 31 heavy (non-hydrogen) atoms. The summed E-state index contributed by atoms with van der Waals surface area (Å²) in [6.07, 6.45) is 0. The zero-order valence-electron chi connectivity index (χ0n) is 18.4. The average Bonchev–Trinajstić information content (AvgIpc) is 2.72. The monoisotopic (exact) mass is 421 g/mol. The average molecular weight is 422 g/mol. The largest absolute Gasteiger partial charge is 0.330 e. The fourth-order valence-electron chi connectivity index (χ4n) is 3.52. The first kappa shape index (κ1) is 22.0. The van der Waals surface area contributed by atoms with E-state index >= 15 is 0 Å². The molecule has 0 saturated carbocycles. The number of hydrogen-bond donors (Lipinski definition) is 2. The minimum atomic E-state index is -0.722. The summed E-state index contributed by atoms with van der Waals surface area (Å²) in [7, 11) is 1.52. The van der Waals surface area contributed by atoms with Gasteiger partial charge in [0.2, 0.25) is 11.7 Å². The van der Waals surface area contributed by atoms with Gasteiger partial charge in [-0.25, -0.2) is 10.0 Å². The van der Waals surface area contributed by atoms with Crippen molar-refractivity contribution >= 4 is 34.9 Å². The first-order valence-corrected chi connectivity index (χ1v) is 10.0. The molecule has 0 aliphatic carbocycles. The van der Waals surface area contributed by atoms with Gasteiger partial charge >= 0.3 is 0 Å². The van der Waals surface area contributed by atoms with Crippen molar-refractivity contribution in [3.8, 4) is 0 Å². The van der Waals surface area contributed by atoms with E-state index in [0.29, 0.717) is 5.69 Å². The van der Waals surface area contributed by atoms with Crippen molar-refractivity contribution in [2.45, 2.75) is 33.7 Å². The van der Waals surface area contributed by atoms with Gasteiger partial charge in [-0.2, -0.15) is 0 Å². The summed E-state index contributed by atoms with van der Waals surface area (Å²) in [5, 5.41) is 4.19. The maximum Gasteiger partial charge on any atom is 0.290 e. The van der Waals surface area contributed by atoms with Crippen molar-refractivity contribution in [3.63, 3.8) is 0 Å². The quantitative estimate of drug-likeness (QED) is 0.775. The predicted molar refractivity (Wildman–Crippen MR) is 121 cm³/mol. The molecule has 2 N–H and O–H groups in total. The Labute approximate surface area is 181 Å². The molecule has 2 aromatic carbocycles. The Hall–Kier alpha value is -3.68. The number of likely N-dealkylation sites (N-methyl/N-ethyl adjacent to an activating group) is 1.